The molecule has 1 aromatic heterocycles. The fourth-order valence-corrected chi connectivity index (χ4v) is 4.08. The molecule has 5 nitrogen and oxygen atoms in total. The van der Waals surface area contributed by atoms with Gasteiger partial charge in [-0.25, -0.2) is 14.1 Å². The second-order valence-corrected chi connectivity index (χ2v) is 8.02. The molecule has 2 aromatic carbocycles. The number of anilines is 1. The Morgan fingerprint density at radius 1 is 0.938 bits per heavy atom. The highest BCUT2D eigenvalue weighted by Crippen LogP contribution is 2.54. The Balaban J connectivity index is 1.96. The molecule has 170 valence electrons. The summed E-state index contributed by atoms with van der Waals surface area (Å²) >= 11 is 5.61. The SMILES string of the molecule is O=C(Nc1c(Br)cc(C(F)(C(F)(F)F)C(F)(F)F)cc1Br)c1cccc(-n2cncn2)c1. The summed E-state index contributed by atoms with van der Waals surface area (Å²) in [5.74, 6) is -0.737. The molecule has 1 heterocycles. The van der Waals surface area contributed by atoms with Crippen LogP contribution in [-0.4, -0.2) is 33.0 Å². The number of halogens is 9. The number of rotatable bonds is 4. The van der Waals surface area contributed by atoms with Crippen LogP contribution in [0.15, 0.2) is 58.0 Å². The first-order valence-corrected chi connectivity index (χ1v) is 9.92. The van der Waals surface area contributed by atoms with Crippen LogP contribution in [0.5, 0.6) is 0 Å². The third-order valence-corrected chi connectivity index (χ3v) is 5.50. The number of carbonyl (C=O) groups is 1. The third kappa shape index (κ3) is 4.37. The lowest BCUT2D eigenvalue weighted by Crippen LogP contribution is -2.50. The van der Waals surface area contributed by atoms with Gasteiger partial charge in [-0.1, -0.05) is 6.07 Å². The van der Waals surface area contributed by atoms with Gasteiger partial charge in [0, 0.05) is 20.1 Å². The van der Waals surface area contributed by atoms with Crippen LogP contribution in [0, 0.1) is 0 Å². The molecule has 0 bridgehead atoms. The number of carbonyl (C=O) groups excluding carboxylic acids is 1. The summed E-state index contributed by atoms with van der Waals surface area (Å²) in [6, 6.07) is 6.64. The fourth-order valence-electron chi connectivity index (χ4n) is 2.70. The first-order valence-electron chi connectivity index (χ1n) is 8.34. The highest BCUT2D eigenvalue weighted by Gasteiger charge is 2.73. The fraction of sp³-hybridized carbons (Fsp3) is 0.167. The summed E-state index contributed by atoms with van der Waals surface area (Å²) < 4.78 is 93.1. The molecule has 0 saturated carbocycles. The minimum absolute atomic E-state index is 0.103. The molecule has 3 rings (SSSR count). The lowest BCUT2D eigenvalue weighted by Gasteiger charge is -2.31. The van der Waals surface area contributed by atoms with Gasteiger partial charge >= 0.3 is 18.0 Å². The molecule has 0 aliphatic heterocycles. The predicted molar refractivity (Wildman–Crippen MR) is 106 cm³/mol. The highest BCUT2D eigenvalue weighted by atomic mass is 79.9. The molecule has 0 aliphatic rings. The Labute approximate surface area is 191 Å². The summed E-state index contributed by atoms with van der Waals surface area (Å²) in [6.07, 6.45) is -9.88. The number of aromatic nitrogens is 3. The van der Waals surface area contributed by atoms with Crippen LogP contribution < -0.4 is 5.32 Å². The van der Waals surface area contributed by atoms with E-state index >= 15 is 0 Å². The molecule has 0 radical (unpaired) electrons. The molecule has 0 atom stereocenters. The average molecular weight is 590 g/mol. The van der Waals surface area contributed by atoms with Gasteiger partial charge in [-0.15, -0.1) is 0 Å². The number of nitrogens with zero attached hydrogens (tertiary/aromatic N) is 3. The van der Waals surface area contributed by atoms with E-state index in [9.17, 15) is 35.5 Å². The molecule has 1 amide bonds. The molecule has 32 heavy (non-hydrogen) atoms. The quantitative estimate of drug-likeness (QED) is 0.362. The maximum absolute atomic E-state index is 14.3. The molecule has 0 unspecified atom stereocenters. The Morgan fingerprint density at radius 2 is 1.53 bits per heavy atom. The van der Waals surface area contributed by atoms with Crippen molar-refractivity contribution in [2.24, 2.45) is 0 Å². The maximum Gasteiger partial charge on any atom is 0.435 e. The van der Waals surface area contributed by atoms with Crippen molar-refractivity contribution in [2.75, 3.05) is 5.32 Å². The molecule has 0 fully saturated rings. The predicted octanol–water partition coefficient (Wildman–Crippen LogP) is 6.33. The van der Waals surface area contributed by atoms with Gasteiger partial charge in [-0.2, -0.15) is 31.4 Å². The van der Waals surface area contributed by atoms with Gasteiger partial charge in [-0.05, 0) is 62.2 Å². The van der Waals surface area contributed by atoms with Gasteiger partial charge < -0.3 is 5.32 Å². The van der Waals surface area contributed by atoms with Crippen LogP contribution in [0.3, 0.4) is 0 Å². The van der Waals surface area contributed by atoms with E-state index in [-0.39, 0.29) is 11.3 Å². The summed E-state index contributed by atoms with van der Waals surface area (Å²) in [6.45, 7) is 0. The van der Waals surface area contributed by atoms with Gasteiger partial charge in [0.05, 0.1) is 11.4 Å². The van der Waals surface area contributed by atoms with Gasteiger partial charge in [-0.3, -0.25) is 4.79 Å². The van der Waals surface area contributed by atoms with Gasteiger partial charge in [0.25, 0.3) is 5.91 Å². The second kappa shape index (κ2) is 8.46. The van der Waals surface area contributed by atoms with Gasteiger partial charge in [0.1, 0.15) is 12.7 Å². The Kier molecular flexibility index (Phi) is 6.39. The molecule has 1 N–H and O–H groups in total. The monoisotopic (exact) mass is 588 g/mol. The number of hydrogen-bond donors (Lipinski definition) is 1. The molecule has 0 aliphatic carbocycles. The van der Waals surface area contributed by atoms with Crippen LogP contribution in [0.25, 0.3) is 5.69 Å². The average Bonchev–Trinajstić information content (AvgIpc) is 3.23. The zero-order chi connectivity index (χ0) is 23.9. The van der Waals surface area contributed by atoms with E-state index < -0.39 is 38.4 Å². The first kappa shape index (κ1) is 24.2. The van der Waals surface area contributed by atoms with Crippen LogP contribution in [0.4, 0.5) is 36.4 Å². The zero-order valence-corrected chi connectivity index (χ0v) is 18.4. The highest BCUT2D eigenvalue weighted by molar-refractivity contribution is 9.11. The van der Waals surface area contributed by atoms with Crippen molar-refractivity contribution in [3.63, 3.8) is 0 Å². The van der Waals surface area contributed by atoms with Crippen molar-refractivity contribution in [3.8, 4) is 5.69 Å². The van der Waals surface area contributed by atoms with E-state index in [0.717, 1.165) is 0 Å². The van der Waals surface area contributed by atoms with Gasteiger partial charge in [0.15, 0.2) is 0 Å². The van der Waals surface area contributed by atoms with Crippen molar-refractivity contribution >= 4 is 43.5 Å². The minimum Gasteiger partial charge on any atom is -0.320 e. The van der Waals surface area contributed by atoms with E-state index in [1.165, 1.54) is 35.5 Å². The van der Waals surface area contributed by atoms with Gasteiger partial charge in [0.2, 0.25) is 0 Å². The molecular formula is C18H9Br2F7N4O. The zero-order valence-electron chi connectivity index (χ0n) is 15.3. The Bertz CT molecular complexity index is 1110. The molecule has 0 saturated heterocycles. The lowest BCUT2D eigenvalue weighted by atomic mass is 9.94. The molecule has 0 spiro atoms. The first-order chi connectivity index (χ1) is 14.8. The van der Waals surface area contributed by atoms with Crippen LogP contribution in [-0.2, 0) is 5.67 Å². The van der Waals surface area contributed by atoms with E-state index in [1.807, 2.05) is 0 Å². The van der Waals surface area contributed by atoms with Crippen molar-refractivity contribution in [1.82, 2.24) is 14.8 Å². The number of nitrogens with one attached hydrogen (secondary N) is 1. The number of amides is 1. The number of alkyl halides is 7. The number of hydrogen-bond acceptors (Lipinski definition) is 3. The van der Waals surface area contributed by atoms with Crippen LogP contribution in [0.1, 0.15) is 15.9 Å². The van der Waals surface area contributed by atoms with E-state index in [1.54, 1.807) is 6.07 Å². The largest absolute Gasteiger partial charge is 0.435 e. The Morgan fingerprint density at radius 3 is 2.03 bits per heavy atom. The molecule has 3 aromatic rings. The molecule has 14 heteroatoms. The summed E-state index contributed by atoms with van der Waals surface area (Å²) in [7, 11) is 0. The Hall–Kier alpha value is -2.48. The number of benzene rings is 2. The van der Waals surface area contributed by atoms with Crippen molar-refractivity contribution in [3.05, 3.63) is 69.1 Å². The lowest BCUT2D eigenvalue weighted by molar-refractivity contribution is -0.348. The van der Waals surface area contributed by atoms with Crippen LogP contribution >= 0.6 is 31.9 Å². The van der Waals surface area contributed by atoms with E-state index in [4.69, 9.17) is 0 Å². The summed E-state index contributed by atoms with van der Waals surface area (Å²) in [4.78, 5) is 16.4. The summed E-state index contributed by atoms with van der Waals surface area (Å²) in [5.41, 5.74) is -6.94. The van der Waals surface area contributed by atoms with E-state index in [2.05, 4.69) is 47.3 Å². The normalized spacial score (nSPS) is 12.7. The topological polar surface area (TPSA) is 59.8 Å². The van der Waals surface area contributed by atoms with Crippen molar-refractivity contribution < 1.29 is 35.5 Å². The summed E-state index contributed by atoms with van der Waals surface area (Å²) in [5, 5.41) is 6.27. The van der Waals surface area contributed by atoms with E-state index in [0.29, 0.717) is 17.8 Å². The smallest absolute Gasteiger partial charge is 0.320 e. The second-order valence-electron chi connectivity index (χ2n) is 6.31. The maximum atomic E-state index is 14.3. The standard InChI is InChI=1S/C18H9Br2F7N4O/c19-12-5-10(16(21,17(22,23)24)18(25,26)27)6-13(20)14(12)30-15(32)9-2-1-3-11(4-9)31-8-28-7-29-31/h1-8H,(H,30,32). The minimum atomic E-state index is -6.27. The van der Waals surface area contributed by atoms with Crippen LogP contribution in [0.2, 0.25) is 0 Å². The van der Waals surface area contributed by atoms with Crippen molar-refractivity contribution in [1.29, 1.82) is 0 Å². The third-order valence-electron chi connectivity index (χ3n) is 4.25. The van der Waals surface area contributed by atoms with Crippen molar-refractivity contribution in [2.45, 2.75) is 18.0 Å². The molecular weight excluding hydrogens is 581 g/mol.